The minimum Gasteiger partial charge on any atom is -0.480 e. The SMILES string of the molecule is N#CC(C(=O)O)c1cccnc1. The molecule has 0 aliphatic heterocycles. The fraction of sp³-hybridized carbons (Fsp3) is 0.125. The number of hydrogen-bond donors (Lipinski definition) is 1. The van der Waals surface area contributed by atoms with Crippen LogP contribution in [-0.2, 0) is 4.79 Å². The van der Waals surface area contributed by atoms with E-state index in [2.05, 4.69) is 4.98 Å². The molecule has 0 spiro atoms. The molecule has 1 N–H and O–H groups in total. The molecular formula is C8H6N2O2. The van der Waals surface area contributed by atoms with Crippen molar-refractivity contribution in [2.24, 2.45) is 0 Å². The third-order valence-electron chi connectivity index (χ3n) is 1.39. The number of aromatic nitrogens is 1. The maximum Gasteiger partial charge on any atom is 0.325 e. The van der Waals surface area contributed by atoms with Crippen LogP contribution in [0.1, 0.15) is 11.5 Å². The number of hydrogen-bond acceptors (Lipinski definition) is 3. The van der Waals surface area contributed by atoms with Crippen LogP contribution in [0.3, 0.4) is 0 Å². The highest BCUT2D eigenvalue weighted by Gasteiger charge is 2.18. The first-order valence-corrected chi connectivity index (χ1v) is 3.28. The van der Waals surface area contributed by atoms with Gasteiger partial charge in [0.2, 0.25) is 0 Å². The summed E-state index contributed by atoms with van der Waals surface area (Å²) >= 11 is 0. The molecule has 0 aliphatic carbocycles. The van der Waals surface area contributed by atoms with Gasteiger partial charge in [-0.05, 0) is 11.6 Å². The first kappa shape index (κ1) is 8.21. The Kier molecular flexibility index (Phi) is 2.38. The van der Waals surface area contributed by atoms with E-state index in [1.165, 1.54) is 12.4 Å². The van der Waals surface area contributed by atoms with E-state index in [1.54, 1.807) is 18.2 Å². The van der Waals surface area contributed by atoms with Crippen LogP contribution in [0.15, 0.2) is 24.5 Å². The number of carboxylic acid groups (broad SMARTS) is 1. The lowest BCUT2D eigenvalue weighted by molar-refractivity contribution is -0.137. The van der Waals surface area contributed by atoms with Crippen molar-refractivity contribution < 1.29 is 9.90 Å². The average molecular weight is 162 g/mol. The summed E-state index contributed by atoms with van der Waals surface area (Å²) in [5.41, 5.74) is 0.410. The smallest absolute Gasteiger partial charge is 0.325 e. The van der Waals surface area contributed by atoms with Crippen LogP contribution in [0, 0.1) is 11.3 Å². The molecule has 4 heteroatoms. The molecule has 0 radical (unpaired) electrons. The number of nitriles is 1. The summed E-state index contributed by atoms with van der Waals surface area (Å²) < 4.78 is 0. The second kappa shape index (κ2) is 3.49. The number of carbonyl (C=O) groups is 1. The molecule has 1 rings (SSSR count). The Morgan fingerprint density at radius 2 is 2.50 bits per heavy atom. The van der Waals surface area contributed by atoms with E-state index in [4.69, 9.17) is 10.4 Å². The fourth-order valence-corrected chi connectivity index (χ4v) is 0.819. The van der Waals surface area contributed by atoms with Crippen LogP contribution in [0.5, 0.6) is 0 Å². The monoisotopic (exact) mass is 162 g/mol. The molecule has 0 fully saturated rings. The van der Waals surface area contributed by atoms with Crippen molar-refractivity contribution in [1.29, 1.82) is 5.26 Å². The summed E-state index contributed by atoms with van der Waals surface area (Å²) in [4.78, 5) is 14.2. The summed E-state index contributed by atoms with van der Waals surface area (Å²) in [6, 6.07) is 4.84. The quantitative estimate of drug-likeness (QED) is 0.697. The second-order valence-electron chi connectivity index (χ2n) is 2.19. The van der Waals surface area contributed by atoms with E-state index in [0.29, 0.717) is 5.56 Å². The van der Waals surface area contributed by atoms with Gasteiger partial charge in [-0.25, -0.2) is 0 Å². The highest BCUT2D eigenvalue weighted by atomic mass is 16.4. The predicted octanol–water partition coefficient (Wildman–Crippen LogP) is 0.773. The van der Waals surface area contributed by atoms with E-state index in [0.717, 1.165) is 0 Å². The van der Waals surface area contributed by atoms with Gasteiger partial charge in [0.1, 0.15) is 0 Å². The van der Waals surface area contributed by atoms with Crippen molar-refractivity contribution >= 4 is 5.97 Å². The van der Waals surface area contributed by atoms with Crippen molar-refractivity contribution in [3.05, 3.63) is 30.1 Å². The zero-order chi connectivity index (χ0) is 8.97. The van der Waals surface area contributed by atoms with E-state index in [1.807, 2.05) is 0 Å². The number of rotatable bonds is 2. The molecule has 1 unspecified atom stereocenters. The predicted molar refractivity (Wildman–Crippen MR) is 40.2 cm³/mol. The Morgan fingerprint density at radius 1 is 1.75 bits per heavy atom. The fourth-order valence-electron chi connectivity index (χ4n) is 0.819. The van der Waals surface area contributed by atoms with Gasteiger partial charge in [-0.2, -0.15) is 5.26 Å². The average Bonchev–Trinajstić information content (AvgIpc) is 2.07. The summed E-state index contributed by atoms with van der Waals surface area (Å²) in [6.07, 6.45) is 2.90. The lowest BCUT2D eigenvalue weighted by atomic mass is 10.0. The molecule has 0 saturated heterocycles. The maximum absolute atomic E-state index is 10.5. The molecule has 60 valence electrons. The Labute approximate surface area is 69.1 Å². The van der Waals surface area contributed by atoms with Crippen LogP contribution in [0.2, 0.25) is 0 Å². The van der Waals surface area contributed by atoms with E-state index in [-0.39, 0.29) is 0 Å². The van der Waals surface area contributed by atoms with Crippen LogP contribution in [-0.4, -0.2) is 16.1 Å². The molecule has 1 aromatic heterocycles. The zero-order valence-corrected chi connectivity index (χ0v) is 6.14. The van der Waals surface area contributed by atoms with Crippen molar-refractivity contribution in [3.63, 3.8) is 0 Å². The lowest BCUT2D eigenvalue weighted by Gasteiger charge is -2.00. The van der Waals surface area contributed by atoms with Gasteiger partial charge in [0.15, 0.2) is 5.92 Å². The van der Waals surface area contributed by atoms with Gasteiger partial charge in [0.05, 0.1) is 6.07 Å². The Morgan fingerprint density at radius 3 is 2.92 bits per heavy atom. The summed E-state index contributed by atoms with van der Waals surface area (Å²) in [7, 11) is 0. The van der Waals surface area contributed by atoms with Crippen molar-refractivity contribution in [2.75, 3.05) is 0 Å². The third kappa shape index (κ3) is 1.58. The summed E-state index contributed by atoms with van der Waals surface area (Å²) in [6.45, 7) is 0. The first-order chi connectivity index (χ1) is 5.75. The summed E-state index contributed by atoms with van der Waals surface area (Å²) in [5, 5.41) is 17.1. The van der Waals surface area contributed by atoms with Crippen molar-refractivity contribution in [3.8, 4) is 6.07 Å². The minimum absolute atomic E-state index is 0.410. The van der Waals surface area contributed by atoms with Gasteiger partial charge in [0, 0.05) is 12.4 Å². The Hall–Kier alpha value is -1.89. The number of carboxylic acids is 1. The van der Waals surface area contributed by atoms with Crippen LogP contribution in [0.4, 0.5) is 0 Å². The lowest BCUT2D eigenvalue weighted by Crippen LogP contribution is -2.09. The van der Waals surface area contributed by atoms with Gasteiger partial charge < -0.3 is 5.11 Å². The molecule has 1 atom stereocenters. The van der Waals surface area contributed by atoms with E-state index in [9.17, 15) is 4.79 Å². The zero-order valence-electron chi connectivity index (χ0n) is 6.14. The van der Waals surface area contributed by atoms with Crippen LogP contribution < -0.4 is 0 Å². The van der Waals surface area contributed by atoms with Gasteiger partial charge in [-0.3, -0.25) is 9.78 Å². The van der Waals surface area contributed by atoms with Crippen LogP contribution in [0.25, 0.3) is 0 Å². The first-order valence-electron chi connectivity index (χ1n) is 3.28. The molecule has 0 amide bonds. The number of nitrogens with zero attached hydrogens (tertiary/aromatic N) is 2. The van der Waals surface area contributed by atoms with E-state index >= 15 is 0 Å². The Bertz CT molecular complexity index is 316. The molecule has 1 aromatic rings. The molecule has 1 heterocycles. The topological polar surface area (TPSA) is 74.0 Å². The highest BCUT2D eigenvalue weighted by molar-refractivity contribution is 5.79. The standard InChI is InChI=1S/C8H6N2O2/c9-4-7(8(11)12)6-2-1-3-10-5-6/h1-3,5,7H,(H,11,12). The Balaban J connectivity index is 2.98. The van der Waals surface area contributed by atoms with Gasteiger partial charge >= 0.3 is 5.97 Å². The molecule has 4 nitrogen and oxygen atoms in total. The van der Waals surface area contributed by atoms with Gasteiger partial charge in [-0.1, -0.05) is 6.07 Å². The van der Waals surface area contributed by atoms with Crippen molar-refractivity contribution in [2.45, 2.75) is 5.92 Å². The normalized spacial score (nSPS) is 11.6. The third-order valence-corrected chi connectivity index (χ3v) is 1.39. The molecule has 0 aromatic carbocycles. The summed E-state index contributed by atoms with van der Waals surface area (Å²) in [5.74, 6) is -2.26. The molecule has 0 aliphatic rings. The van der Waals surface area contributed by atoms with Gasteiger partial charge in [-0.15, -0.1) is 0 Å². The van der Waals surface area contributed by atoms with Crippen molar-refractivity contribution in [1.82, 2.24) is 4.98 Å². The molecular weight excluding hydrogens is 156 g/mol. The van der Waals surface area contributed by atoms with Crippen LogP contribution >= 0.6 is 0 Å². The van der Waals surface area contributed by atoms with Gasteiger partial charge in [0.25, 0.3) is 0 Å². The van der Waals surface area contributed by atoms with E-state index < -0.39 is 11.9 Å². The number of pyridine rings is 1. The molecule has 0 bridgehead atoms. The number of aliphatic carboxylic acids is 1. The largest absolute Gasteiger partial charge is 0.480 e. The maximum atomic E-state index is 10.5. The second-order valence-corrected chi connectivity index (χ2v) is 2.19. The molecule has 12 heavy (non-hydrogen) atoms. The minimum atomic E-state index is -1.15. The highest BCUT2D eigenvalue weighted by Crippen LogP contribution is 2.12. The molecule has 0 saturated carbocycles.